The van der Waals surface area contributed by atoms with E-state index in [4.69, 9.17) is 9.47 Å². The van der Waals surface area contributed by atoms with Crippen LogP contribution in [0, 0.1) is 6.92 Å². The quantitative estimate of drug-likeness (QED) is 0.702. The standard InChI is InChI=1S/C7H10N2O2S/c1-4-8-6(10-2)5(12)7(9-4)11-3/h12H,1-3H3. The first-order valence-corrected chi connectivity index (χ1v) is 3.79. The number of ether oxygens (including phenoxy) is 2. The Morgan fingerprint density at radius 1 is 1.08 bits per heavy atom. The van der Waals surface area contributed by atoms with Crippen molar-refractivity contribution in [3.05, 3.63) is 5.82 Å². The molecule has 1 heterocycles. The fraction of sp³-hybridized carbons (Fsp3) is 0.429. The van der Waals surface area contributed by atoms with Gasteiger partial charge in [0.1, 0.15) is 10.7 Å². The third kappa shape index (κ3) is 1.61. The van der Waals surface area contributed by atoms with Gasteiger partial charge < -0.3 is 9.47 Å². The molecule has 0 bridgehead atoms. The molecule has 0 aliphatic rings. The summed E-state index contributed by atoms with van der Waals surface area (Å²) in [5, 5.41) is 0. The Labute approximate surface area is 76.3 Å². The molecule has 12 heavy (non-hydrogen) atoms. The van der Waals surface area contributed by atoms with Crippen LogP contribution in [0.3, 0.4) is 0 Å². The van der Waals surface area contributed by atoms with Crippen LogP contribution in [0.2, 0.25) is 0 Å². The predicted molar refractivity (Wildman–Crippen MR) is 47.1 cm³/mol. The number of rotatable bonds is 2. The summed E-state index contributed by atoms with van der Waals surface area (Å²) in [7, 11) is 3.06. The van der Waals surface area contributed by atoms with Crippen molar-refractivity contribution in [3.8, 4) is 11.8 Å². The molecule has 0 aromatic carbocycles. The maximum Gasteiger partial charge on any atom is 0.234 e. The molecule has 4 nitrogen and oxygen atoms in total. The van der Waals surface area contributed by atoms with Crippen LogP contribution in [0.15, 0.2) is 4.90 Å². The van der Waals surface area contributed by atoms with E-state index in [0.29, 0.717) is 22.5 Å². The van der Waals surface area contributed by atoms with E-state index in [2.05, 4.69) is 22.6 Å². The molecular weight excluding hydrogens is 176 g/mol. The molecule has 0 aliphatic heterocycles. The van der Waals surface area contributed by atoms with Gasteiger partial charge in [0, 0.05) is 0 Å². The van der Waals surface area contributed by atoms with Crippen molar-refractivity contribution in [2.24, 2.45) is 0 Å². The molecule has 0 spiro atoms. The maximum absolute atomic E-state index is 4.96. The fourth-order valence-corrected chi connectivity index (χ4v) is 1.08. The third-order valence-corrected chi connectivity index (χ3v) is 1.70. The molecule has 0 amide bonds. The van der Waals surface area contributed by atoms with Gasteiger partial charge in [-0.1, -0.05) is 0 Å². The van der Waals surface area contributed by atoms with E-state index in [-0.39, 0.29) is 0 Å². The van der Waals surface area contributed by atoms with Crippen LogP contribution in [0.5, 0.6) is 11.8 Å². The molecule has 66 valence electrons. The van der Waals surface area contributed by atoms with Gasteiger partial charge in [-0.3, -0.25) is 0 Å². The molecule has 0 fully saturated rings. The highest BCUT2D eigenvalue weighted by Crippen LogP contribution is 2.27. The summed E-state index contributed by atoms with van der Waals surface area (Å²) in [5.41, 5.74) is 0. The van der Waals surface area contributed by atoms with Gasteiger partial charge in [-0.2, -0.15) is 9.97 Å². The first-order chi connectivity index (χ1) is 5.69. The summed E-state index contributed by atoms with van der Waals surface area (Å²) in [4.78, 5) is 8.54. The number of aryl methyl sites for hydroxylation is 1. The largest absolute Gasteiger partial charge is 0.480 e. The molecule has 0 radical (unpaired) electrons. The number of aromatic nitrogens is 2. The van der Waals surface area contributed by atoms with E-state index in [0.717, 1.165) is 0 Å². The van der Waals surface area contributed by atoms with E-state index < -0.39 is 0 Å². The minimum Gasteiger partial charge on any atom is -0.480 e. The highest BCUT2D eigenvalue weighted by Gasteiger charge is 2.09. The molecule has 0 aliphatic carbocycles. The Morgan fingerprint density at radius 3 is 1.83 bits per heavy atom. The van der Waals surface area contributed by atoms with Crippen LogP contribution in [-0.2, 0) is 0 Å². The van der Waals surface area contributed by atoms with E-state index in [9.17, 15) is 0 Å². The van der Waals surface area contributed by atoms with E-state index in [1.165, 1.54) is 14.2 Å². The second-order valence-electron chi connectivity index (χ2n) is 2.14. The van der Waals surface area contributed by atoms with E-state index >= 15 is 0 Å². The van der Waals surface area contributed by atoms with Crippen molar-refractivity contribution in [3.63, 3.8) is 0 Å². The minimum atomic E-state index is 0.433. The van der Waals surface area contributed by atoms with Crippen LogP contribution in [0.4, 0.5) is 0 Å². The van der Waals surface area contributed by atoms with Crippen LogP contribution in [0.1, 0.15) is 5.82 Å². The van der Waals surface area contributed by atoms with Crippen LogP contribution in [-0.4, -0.2) is 24.2 Å². The van der Waals surface area contributed by atoms with Crippen molar-refractivity contribution >= 4 is 12.6 Å². The molecule has 0 atom stereocenters. The molecule has 0 saturated heterocycles. The SMILES string of the molecule is COc1nc(C)nc(OC)c1S. The topological polar surface area (TPSA) is 44.2 Å². The highest BCUT2D eigenvalue weighted by atomic mass is 32.1. The summed E-state index contributed by atoms with van der Waals surface area (Å²) in [6.45, 7) is 1.76. The molecule has 1 aromatic rings. The number of nitrogens with zero attached hydrogens (tertiary/aromatic N) is 2. The van der Waals surface area contributed by atoms with E-state index in [1.807, 2.05) is 0 Å². The van der Waals surface area contributed by atoms with Gasteiger partial charge in [-0.25, -0.2) is 0 Å². The number of methoxy groups -OCH3 is 2. The van der Waals surface area contributed by atoms with Crippen molar-refractivity contribution in [2.75, 3.05) is 14.2 Å². The van der Waals surface area contributed by atoms with Crippen LogP contribution < -0.4 is 9.47 Å². The van der Waals surface area contributed by atoms with Gasteiger partial charge in [0.15, 0.2) is 0 Å². The number of hydrogen-bond donors (Lipinski definition) is 1. The molecule has 0 N–H and O–H groups in total. The summed E-state index contributed by atoms with van der Waals surface area (Å²) >= 11 is 4.14. The van der Waals surface area contributed by atoms with Gasteiger partial charge in [-0.05, 0) is 6.92 Å². The molecule has 5 heteroatoms. The summed E-state index contributed by atoms with van der Waals surface area (Å²) in [6, 6.07) is 0. The average molecular weight is 186 g/mol. The van der Waals surface area contributed by atoms with Gasteiger partial charge in [0.2, 0.25) is 11.8 Å². The zero-order valence-corrected chi connectivity index (χ0v) is 8.05. The first kappa shape index (κ1) is 9.12. The van der Waals surface area contributed by atoms with Crippen molar-refractivity contribution in [2.45, 2.75) is 11.8 Å². The van der Waals surface area contributed by atoms with Gasteiger partial charge in [0.05, 0.1) is 14.2 Å². The Bertz CT molecular complexity index is 266. The van der Waals surface area contributed by atoms with Gasteiger partial charge in [-0.15, -0.1) is 12.6 Å². The average Bonchev–Trinajstić information content (AvgIpc) is 2.08. The van der Waals surface area contributed by atoms with Gasteiger partial charge in [0.25, 0.3) is 0 Å². The Kier molecular flexibility index (Phi) is 2.75. The Hall–Kier alpha value is -0.970. The first-order valence-electron chi connectivity index (χ1n) is 3.34. The summed E-state index contributed by atoms with van der Waals surface area (Å²) in [5.74, 6) is 1.46. The highest BCUT2D eigenvalue weighted by molar-refractivity contribution is 7.80. The smallest absolute Gasteiger partial charge is 0.234 e. The molecule has 0 saturated carbocycles. The van der Waals surface area contributed by atoms with E-state index in [1.54, 1.807) is 6.92 Å². The minimum absolute atomic E-state index is 0.433. The van der Waals surface area contributed by atoms with Crippen molar-refractivity contribution in [1.82, 2.24) is 9.97 Å². The lowest BCUT2D eigenvalue weighted by Crippen LogP contribution is -1.98. The lowest BCUT2D eigenvalue weighted by Gasteiger charge is -2.06. The number of thiol groups is 1. The molecule has 1 aromatic heterocycles. The lowest BCUT2D eigenvalue weighted by molar-refractivity contribution is 0.350. The zero-order chi connectivity index (χ0) is 9.14. The van der Waals surface area contributed by atoms with Crippen LogP contribution in [0.25, 0.3) is 0 Å². The molecular formula is C7H10N2O2S. The lowest BCUT2D eigenvalue weighted by atomic mass is 10.5. The summed E-state index contributed by atoms with van der Waals surface area (Å²) in [6.07, 6.45) is 0. The maximum atomic E-state index is 4.96. The molecule has 0 unspecified atom stereocenters. The Morgan fingerprint density at radius 2 is 1.50 bits per heavy atom. The second-order valence-corrected chi connectivity index (χ2v) is 2.59. The monoisotopic (exact) mass is 186 g/mol. The Balaban J connectivity index is 3.22. The second kappa shape index (κ2) is 3.62. The van der Waals surface area contributed by atoms with Crippen LogP contribution >= 0.6 is 12.6 Å². The predicted octanol–water partition coefficient (Wildman–Crippen LogP) is 1.09. The molecule has 1 rings (SSSR count). The zero-order valence-electron chi connectivity index (χ0n) is 7.16. The normalized spacial score (nSPS) is 9.67. The number of hydrogen-bond acceptors (Lipinski definition) is 5. The van der Waals surface area contributed by atoms with Crippen molar-refractivity contribution < 1.29 is 9.47 Å². The van der Waals surface area contributed by atoms with Gasteiger partial charge >= 0.3 is 0 Å². The third-order valence-electron chi connectivity index (χ3n) is 1.32. The summed E-state index contributed by atoms with van der Waals surface area (Å²) < 4.78 is 9.92. The van der Waals surface area contributed by atoms with Crippen molar-refractivity contribution in [1.29, 1.82) is 0 Å². The fourth-order valence-electron chi connectivity index (χ4n) is 0.801.